The Morgan fingerprint density at radius 3 is 2.67 bits per heavy atom. The molecule has 0 heterocycles. The fourth-order valence-corrected chi connectivity index (χ4v) is 0.287. The van der Waals surface area contributed by atoms with E-state index >= 15 is 0 Å². The first-order chi connectivity index (χ1) is 4.16. The zero-order chi connectivity index (χ0) is 7.28. The molecule has 0 saturated heterocycles. The number of carbonyl (C=O) groups is 1. The summed E-state index contributed by atoms with van der Waals surface area (Å²) >= 11 is 3.41. The van der Waals surface area contributed by atoms with Gasteiger partial charge in [0.25, 0.3) is 0 Å². The fourth-order valence-electron chi connectivity index (χ4n) is 0.234. The van der Waals surface area contributed by atoms with Gasteiger partial charge < -0.3 is 4.74 Å². The molecule has 9 heavy (non-hydrogen) atoms. The third-order valence-corrected chi connectivity index (χ3v) is 1.02. The topological polar surface area (TPSA) is 26.3 Å². The number of ether oxygens (including phenoxy) is 1. The van der Waals surface area contributed by atoms with Crippen LogP contribution in [0, 0.1) is 0 Å². The van der Waals surface area contributed by atoms with Crippen LogP contribution in [0.1, 0.15) is 20.3 Å². The Kier molecular flexibility index (Phi) is 4.22. The molecule has 2 nitrogen and oxygen atoms in total. The number of hydrogen-bond acceptors (Lipinski definition) is 2. The normalized spacial score (nSPS) is 11.2. The number of allylic oxidation sites excluding steroid dienone is 1. The number of thiol groups is 1. The molecule has 0 bridgehead atoms. The first-order valence-corrected chi connectivity index (χ1v) is 3.16. The average molecular weight is 146 g/mol. The van der Waals surface area contributed by atoms with E-state index in [4.69, 9.17) is 0 Å². The van der Waals surface area contributed by atoms with Crippen LogP contribution in [-0.2, 0) is 4.74 Å². The lowest BCUT2D eigenvalue weighted by molar-refractivity contribution is 0.213. The SMILES string of the molecule is CC/C(C)=C/OC(=O)S. The van der Waals surface area contributed by atoms with Crippen LogP contribution in [0.15, 0.2) is 11.8 Å². The lowest BCUT2D eigenvalue weighted by Gasteiger charge is -1.93. The second-order valence-electron chi connectivity index (χ2n) is 1.70. The quantitative estimate of drug-likeness (QED) is 0.367. The van der Waals surface area contributed by atoms with Crippen molar-refractivity contribution in [3.05, 3.63) is 11.8 Å². The molecule has 0 aliphatic heterocycles. The number of carbonyl (C=O) groups excluding carboxylic acids is 1. The summed E-state index contributed by atoms with van der Waals surface area (Å²) in [6.07, 6.45) is 2.30. The Morgan fingerprint density at radius 2 is 2.33 bits per heavy atom. The van der Waals surface area contributed by atoms with Gasteiger partial charge in [0.1, 0.15) is 0 Å². The van der Waals surface area contributed by atoms with Gasteiger partial charge in [0, 0.05) is 0 Å². The lowest BCUT2D eigenvalue weighted by Crippen LogP contribution is -1.84. The van der Waals surface area contributed by atoms with Gasteiger partial charge in [-0.2, -0.15) is 0 Å². The van der Waals surface area contributed by atoms with Gasteiger partial charge in [-0.1, -0.05) is 19.6 Å². The van der Waals surface area contributed by atoms with Gasteiger partial charge in [0.15, 0.2) is 0 Å². The van der Waals surface area contributed by atoms with Crippen LogP contribution in [0.2, 0.25) is 0 Å². The van der Waals surface area contributed by atoms with E-state index in [1.54, 1.807) is 0 Å². The predicted octanol–water partition coefficient (Wildman–Crippen LogP) is 2.37. The Labute approximate surface area is 60.3 Å². The molecule has 0 aromatic heterocycles. The summed E-state index contributed by atoms with van der Waals surface area (Å²) in [5.74, 6) is 0. The van der Waals surface area contributed by atoms with Crippen LogP contribution in [0.3, 0.4) is 0 Å². The van der Waals surface area contributed by atoms with Crippen molar-refractivity contribution in [2.24, 2.45) is 0 Å². The summed E-state index contributed by atoms with van der Waals surface area (Å²) in [6, 6.07) is 0. The van der Waals surface area contributed by atoms with Crippen LogP contribution >= 0.6 is 12.6 Å². The smallest absolute Gasteiger partial charge is 0.369 e. The van der Waals surface area contributed by atoms with E-state index in [-0.39, 0.29) is 0 Å². The summed E-state index contributed by atoms with van der Waals surface area (Å²) in [7, 11) is 0. The highest BCUT2D eigenvalue weighted by Crippen LogP contribution is 1.98. The Bertz CT molecular complexity index is 129. The maximum absolute atomic E-state index is 10.1. The van der Waals surface area contributed by atoms with Gasteiger partial charge in [-0.25, -0.2) is 4.79 Å². The van der Waals surface area contributed by atoms with Crippen molar-refractivity contribution in [1.82, 2.24) is 0 Å². The van der Waals surface area contributed by atoms with Gasteiger partial charge in [0.05, 0.1) is 6.26 Å². The molecule has 3 heteroatoms. The molecule has 0 atom stereocenters. The second kappa shape index (κ2) is 4.44. The van der Waals surface area contributed by atoms with Crippen LogP contribution in [0.5, 0.6) is 0 Å². The molecule has 0 aromatic rings. The molecule has 0 amide bonds. The summed E-state index contributed by atoms with van der Waals surface area (Å²) < 4.78 is 4.46. The molecule has 0 N–H and O–H groups in total. The van der Waals surface area contributed by atoms with Crippen LogP contribution in [-0.4, -0.2) is 5.30 Å². The largest absolute Gasteiger partial charge is 0.427 e. The highest BCUT2D eigenvalue weighted by atomic mass is 32.1. The molecule has 0 radical (unpaired) electrons. The molecular weight excluding hydrogens is 136 g/mol. The molecular formula is C6H10O2S. The first-order valence-electron chi connectivity index (χ1n) is 2.72. The van der Waals surface area contributed by atoms with Gasteiger partial charge >= 0.3 is 5.30 Å². The van der Waals surface area contributed by atoms with E-state index < -0.39 is 5.30 Å². The van der Waals surface area contributed by atoms with Gasteiger partial charge in [0.2, 0.25) is 0 Å². The third kappa shape index (κ3) is 5.43. The van der Waals surface area contributed by atoms with E-state index in [1.807, 2.05) is 13.8 Å². The standard InChI is InChI=1S/C6H10O2S/c1-3-5(2)4-8-6(7)9/h4H,3H2,1-2H3,(H,7,9)/b5-4+. The molecule has 0 fully saturated rings. The summed E-state index contributed by atoms with van der Waals surface area (Å²) in [4.78, 5) is 10.1. The minimum atomic E-state index is -0.567. The van der Waals surface area contributed by atoms with Crippen LogP contribution in [0.4, 0.5) is 4.79 Å². The summed E-state index contributed by atoms with van der Waals surface area (Å²) in [6.45, 7) is 3.87. The maximum atomic E-state index is 10.1. The monoisotopic (exact) mass is 146 g/mol. The molecule has 0 saturated carbocycles. The third-order valence-electron chi connectivity index (χ3n) is 0.919. The van der Waals surface area contributed by atoms with Crippen LogP contribution in [0.25, 0.3) is 0 Å². The molecule has 0 aromatic carbocycles. The predicted molar refractivity (Wildman–Crippen MR) is 39.5 cm³/mol. The van der Waals surface area contributed by atoms with Gasteiger partial charge in [-0.05, 0) is 18.9 Å². The molecule has 52 valence electrons. The maximum Gasteiger partial charge on any atom is 0.369 e. The van der Waals surface area contributed by atoms with Gasteiger partial charge in [-0.3, -0.25) is 0 Å². The Morgan fingerprint density at radius 1 is 1.78 bits per heavy atom. The zero-order valence-electron chi connectivity index (χ0n) is 5.55. The average Bonchev–Trinajstić information content (AvgIpc) is 1.83. The van der Waals surface area contributed by atoms with Crippen molar-refractivity contribution in [1.29, 1.82) is 0 Å². The molecule has 0 unspecified atom stereocenters. The van der Waals surface area contributed by atoms with Crippen molar-refractivity contribution in [3.8, 4) is 0 Å². The number of hydrogen-bond donors (Lipinski definition) is 1. The minimum absolute atomic E-state index is 0.567. The highest BCUT2D eigenvalue weighted by molar-refractivity contribution is 7.96. The Balaban J connectivity index is 3.56. The summed E-state index contributed by atoms with van der Waals surface area (Å²) in [5, 5.41) is -0.567. The fraction of sp³-hybridized carbons (Fsp3) is 0.500. The molecule has 0 aliphatic rings. The Hall–Kier alpha value is -0.440. The second-order valence-corrected chi connectivity index (χ2v) is 2.07. The molecule has 0 rings (SSSR count). The van der Waals surface area contributed by atoms with E-state index in [0.29, 0.717) is 0 Å². The zero-order valence-corrected chi connectivity index (χ0v) is 6.44. The van der Waals surface area contributed by atoms with Crippen molar-refractivity contribution < 1.29 is 9.53 Å². The first kappa shape index (κ1) is 8.56. The van der Waals surface area contributed by atoms with E-state index in [9.17, 15) is 4.79 Å². The molecule has 0 aliphatic carbocycles. The van der Waals surface area contributed by atoms with Crippen molar-refractivity contribution in [2.75, 3.05) is 0 Å². The summed E-state index contributed by atoms with van der Waals surface area (Å²) in [5.41, 5.74) is 1.03. The van der Waals surface area contributed by atoms with Crippen molar-refractivity contribution in [2.45, 2.75) is 20.3 Å². The molecule has 0 spiro atoms. The van der Waals surface area contributed by atoms with Crippen molar-refractivity contribution >= 4 is 17.9 Å². The van der Waals surface area contributed by atoms with Gasteiger partial charge in [-0.15, -0.1) is 0 Å². The van der Waals surface area contributed by atoms with E-state index in [2.05, 4.69) is 17.4 Å². The minimum Gasteiger partial charge on any atom is -0.427 e. The highest BCUT2D eigenvalue weighted by Gasteiger charge is 1.88. The number of rotatable bonds is 2. The van der Waals surface area contributed by atoms with E-state index in [1.165, 1.54) is 6.26 Å². The van der Waals surface area contributed by atoms with Crippen LogP contribution < -0.4 is 0 Å². The lowest BCUT2D eigenvalue weighted by atomic mass is 10.3. The van der Waals surface area contributed by atoms with Crippen molar-refractivity contribution in [3.63, 3.8) is 0 Å². The van der Waals surface area contributed by atoms with E-state index in [0.717, 1.165) is 12.0 Å².